The Kier molecular flexibility index (Phi) is 9.62. The Morgan fingerprint density at radius 1 is 1.23 bits per heavy atom. The van der Waals surface area contributed by atoms with Crippen LogP contribution < -0.4 is 5.32 Å². The number of nitrogens with one attached hydrogen (secondary N) is 1. The Labute approximate surface area is 138 Å². The van der Waals surface area contributed by atoms with E-state index >= 15 is 0 Å². The summed E-state index contributed by atoms with van der Waals surface area (Å²) < 4.78 is 10.4. The fourth-order valence-corrected chi connectivity index (χ4v) is 2.07. The largest absolute Gasteiger partial charge is 0.382 e. The molecule has 5 nitrogen and oxygen atoms in total. The number of guanidine groups is 1. The van der Waals surface area contributed by atoms with Crippen molar-refractivity contribution < 1.29 is 9.47 Å². The molecule has 0 bridgehead atoms. The molecule has 0 spiro atoms. The van der Waals surface area contributed by atoms with Crippen molar-refractivity contribution in [1.29, 1.82) is 0 Å². The molecule has 0 saturated heterocycles. The molecule has 1 N–H and O–H groups in total. The molecule has 0 fully saturated rings. The summed E-state index contributed by atoms with van der Waals surface area (Å²) in [4.78, 5) is 6.37. The lowest BCUT2D eigenvalue weighted by atomic mass is 10.2. The van der Waals surface area contributed by atoms with Gasteiger partial charge in [0, 0.05) is 45.9 Å². The Morgan fingerprint density at radius 2 is 1.95 bits per heavy atom. The van der Waals surface area contributed by atoms with E-state index < -0.39 is 0 Å². The van der Waals surface area contributed by atoms with Crippen LogP contribution in [0.25, 0.3) is 0 Å². The molecule has 1 rings (SSSR count). The average Bonchev–Trinajstić information content (AvgIpc) is 2.52. The smallest absolute Gasteiger partial charge is 0.193 e. The highest BCUT2D eigenvalue weighted by Gasteiger charge is 2.06. The number of nitrogens with zero attached hydrogens (tertiary/aromatic N) is 2. The third kappa shape index (κ3) is 7.64. The van der Waals surface area contributed by atoms with Crippen LogP contribution in [-0.4, -0.2) is 58.4 Å². The van der Waals surface area contributed by atoms with Gasteiger partial charge in [-0.25, -0.2) is 0 Å². The first kappa shape index (κ1) is 18.7. The normalized spacial score (nSPS) is 11.5. The number of benzene rings is 1. The fourth-order valence-electron chi connectivity index (χ4n) is 1.94. The molecule has 0 aliphatic carbocycles. The molecule has 0 aromatic heterocycles. The van der Waals surface area contributed by atoms with Crippen LogP contribution in [0.5, 0.6) is 0 Å². The molecule has 1 aromatic rings. The van der Waals surface area contributed by atoms with Gasteiger partial charge in [0.15, 0.2) is 5.96 Å². The SMILES string of the molecule is CN=C(NCCCOCCOC)N(C)Cc1ccc(Cl)cc1. The van der Waals surface area contributed by atoms with Gasteiger partial charge in [-0.2, -0.15) is 0 Å². The molecule has 6 heteroatoms. The molecule has 0 atom stereocenters. The molecule has 0 radical (unpaired) electrons. The Balaban J connectivity index is 2.27. The zero-order valence-corrected chi connectivity index (χ0v) is 14.4. The minimum Gasteiger partial charge on any atom is -0.382 e. The molecule has 0 amide bonds. The minimum absolute atomic E-state index is 0.638. The van der Waals surface area contributed by atoms with E-state index in [1.54, 1.807) is 14.2 Å². The molecule has 0 heterocycles. The average molecular weight is 328 g/mol. The third-order valence-electron chi connectivity index (χ3n) is 3.09. The van der Waals surface area contributed by atoms with E-state index in [1.807, 2.05) is 31.3 Å². The summed E-state index contributed by atoms with van der Waals surface area (Å²) in [7, 11) is 5.47. The van der Waals surface area contributed by atoms with Crippen LogP contribution in [0, 0.1) is 0 Å². The highest BCUT2D eigenvalue weighted by atomic mass is 35.5. The predicted octanol–water partition coefficient (Wildman–Crippen LogP) is 2.40. The third-order valence-corrected chi connectivity index (χ3v) is 3.34. The number of hydrogen-bond donors (Lipinski definition) is 1. The van der Waals surface area contributed by atoms with Crippen molar-refractivity contribution >= 4 is 17.6 Å². The topological polar surface area (TPSA) is 46.1 Å². The zero-order chi connectivity index (χ0) is 16.2. The predicted molar refractivity (Wildman–Crippen MR) is 91.6 cm³/mol. The van der Waals surface area contributed by atoms with Gasteiger partial charge in [-0.05, 0) is 24.1 Å². The van der Waals surface area contributed by atoms with Crippen molar-refractivity contribution in [3.63, 3.8) is 0 Å². The Bertz CT molecular complexity index is 438. The van der Waals surface area contributed by atoms with Crippen molar-refractivity contribution in [2.75, 3.05) is 47.6 Å². The van der Waals surface area contributed by atoms with Crippen molar-refractivity contribution in [2.24, 2.45) is 4.99 Å². The summed E-state index contributed by atoms with van der Waals surface area (Å²) in [5.41, 5.74) is 1.19. The molecule has 0 aliphatic heterocycles. The van der Waals surface area contributed by atoms with Crippen LogP contribution in [0.2, 0.25) is 5.02 Å². The molecule has 22 heavy (non-hydrogen) atoms. The number of hydrogen-bond acceptors (Lipinski definition) is 3. The van der Waals surface area contributed by atoms with Gasteiger partial charge in [-0.15, -0.1) is 0 Å². The first-order valence-electron chi connectivity index (χ1n) is 7.40. The van der Waals surface area contributed by atoms with Gasteiger partial charge in [0.1, 0.15) is 0 Å². The second-order valence-electron chi connectivity index (χ2n) is 4.92. The Morgan fingerprint density at radius 3 is 2.59 bits per heavy atom. The van der Waals surface area contributed by atoms with E-state index in [-0.39, 0.29) is 0 Å². The van der Waals surface area contributed by atoms with E-state index in [0.29, 0.717) is 19.8 Å². The quantitative estimate of drug-likeness (QED) is 0.430. The summed E-state index contributed by atoms with van der Waals surface area (Å²) in [5, 5.41) is 4.08. The van der Waals surface area contributed by atoms with E-state index in [0.717, 1.165) is 30.5 Å². The van der Waals surface area contributed by atoms with Gasteiger partial charge in [0.2, 0.25) is 0 Å². The van der Waals surface area contributed by atoms with Crippen molar-refractivity contribution in [2.45, 2.75) is 13.0 Å². The number of methoxy groups -OCH3 is 1. The van der Waals surface area contributed by atoms with Gasteiger partial charge >= 0.3 is 0 Å². The lowest BCUT2D eigenvalue weighted by Gasteiger charge is -2.22. The summed E-state index contributed by atoms with van der Waals surface area (Å²) >= 11 is 5.90. The van der Waals surface area contributed by atoms with E-state index in [1.165, 1.54) is 5.56 Å². The van der Waals surface area contributed by atoms with Gasteiger partial charge in [-0.1, -0.05) is 23.7 Å². The van der Waals surface area contributed by atoms with Crippen LogP contribution in [-0.2, 0) is 16.0 Å². The summed E-state index contributed by atoms with van der Waals surface area (Å²) in [6.45, 7) is 3.60. The first-order chi connectivity index (χ1) is 10.7. The number of halogens is 1. The molecule has 0 saturated carbocycles. The van der Waals surface area contributed by atoms with E-state index in [4.69, 9.17) is 21.1 Å². The monoisotopic (exact) mass is 327 g/mol. The lowest BCUT2D eigenvalue weighted by molar-refractivity contribution is 0.0698. The van der Waals surface area contributed by atoms with Crippen molar-refractivity contribution in [3.8, 4) is 0 Å². The van der Waals surface area contributed by atoms with Crippen LogP contribution in [0.4, 0.5) is 0 Å². The molecule has 1 aromatic carbocycles. The van der Waals surface area contributed by atoms with E-state index in [9.17, 15) is 0 Å². The van der Waals surface area contributed by atoms with Crippen LogP contribution in [0.15, 0.2) is 29.3 Å². The fraction of sp³-hybridized carbons (Fsp3) is 0.562. The number of aliphatic imine (C=N–C) groups is 1. The molecular weight excluding hydrogens is 302 g/mol. The van der Waals surface area contributed by atoms with Gasteiger partial charge in [-0.3, -0.25) is 4.99 Å². The molecule has 124 valence electrons. The minimum atomic E-state index is 0.638. The van der Waals surface area contributed by atoms with E-state index in [2.05, 4.69) is 15.2 Å². The molecule has 0 unspecified atom stereocenters. The number of rotatable bonds is 9. The summed E-state index contributed by atoms with van der Waals surface area (Å²) in [5.74, 6) is 0.867. The first-order valence-corrected chi connectivity index (χ1v) is 7.78. The highest BCUT2D eigenvalue weighted by Crippen LogP contribution is 2.10. The van der Waals surface area contributed by atoms with Crippen molar-refractivity contribution in [1.82, 2.24) is 10.2 Å². The molecular formula is C16H26ClN3O2. The van der Waals surface area contributed by atoms with Crippen molar-refractivity contribution in [3.05, 3.63) is 34.9 Å². The second kappa shape index (κ2) is 11.3. The van der Waals surface area contributed by atoms with Gasteiger partial charge in [0.25, 0.3) is 0 Å². The zero-order valence-electron chi connectivity index (χ0n) is 13.6. The van der Waals surface area contributed by atoms with Gasteiger partial charge in [0.05, 0.1) is 13.2 Å². The summed E-state index contributed by atoms with van der Waals surface area (Å²) in [6, 6.07) is 7.85. The van der Waals surface area contributed by atoms with Crippen LogP contribution in [0.1, 0.15) is 12.0 Å². The highest BCUT2D eigenvalue weighted by molar-refractivity contribution is 6.30. The van der Waals surface area contributed by atoms with Gasteiger partial charge < -0.3 is 19.7 Å². The van der Waals surface area contributed by atoms with Crippen LogP contribution in [0.3, 0.4) is 0 Å². The standard InChI is InChI=1S/C16H26ClN3O2/c1-18-16(19-9-4-10-22-12-11-21-3)20(2)13-14-5-7-15(17)8-6-14/h5-8H,4,9-13H2,1-3H3,(H,18,19). The van der Waals surface area contributed by atoms with Crippen LogP contribution >= 0.6 is 11.6 Å². The molecule has 0 aliphatic rings. The maximum atomic E-state index is 5.90. The number of ether oxygens (including phenoxy) is 2. The maximum Gasteiger partial charge on any atom is 0.193 e. The Hall–Kier alpha value is -1.30. The lowest BCUT2D eigenvalue weighted by Crippen LogP contribution is -2.39. The maximum absolute atomic E-state index is 5.90. The summed E-state index contributed by atoms with van der Waals surface area (Å²) in [6.07, 6.45) is 0.928. The second-order valence-corrected chi connectivity index (χ2v) is 5.35.